The monoisotopic (exact) mass is 219 g/mol. The molecule has 0 atom stereocenters. The van der Waals surface area contributed by atoms with Crippen LogP contribution < -0.4 is 5.32 Å². The van der Waals surface area contributed by atoms with Crippen molar-refractivity contribution in [2.45, 2.75) is 12.8 Å². The molecule has 1 fully saturated rings. The lowest BCUT2D eigenvalue weighted by Crippen LogP contribution is -2.36. The lowest BCUT2D eigenvalue weighted by molar-refractivity contribution is -0.129. The van der Waals surface area contributed by atoms with Gasteiger partial charge in [-0.3, -0.25) is 9.78 Å². The van der Waals surface area contributed by atoms with Crippen LogP contribution in [0.4, 0.5) is 0 Å². The van der Waals surface area contributed by atoms with Gasteiger partial charge in [-0.25, -0.2) is 0 Å². The highest BCUT2D eigenvalue weighted by atomic mass is 16.2. The summed E-state index contributed by atoms with van der Waals surface area (Å²) in [5.41, 5.74) is 1.19. The van der Waals surface area contributed by atoms with Gasteiger partial charge in [-0.1, -0.05) is 6.07 Å². The number of nitrogens with one attached hydrogen (secondary N) is 1. The van der Waals surface area contributed by atoms with Gasteiger partial charge >= 0.3 is 0 Å². The van der Waals surface area contributed by atoms with Crippen LogP contribution >= 0.6 is 0 Å². The lowest BCUT2D eigenvalue weighted by atomic mass is 10.2. The maximum Gasteiger partial charge on any atom is 0.236 e. The smallest absolute Gasteiger partial charge is 0.236 e. The highest BCUT2D eigenvalue weighted by Crippen LogP contribution is 2.02. The Morgan fingerprint density at radius 3 is 3.25 bits per heavy atom. The first kappa shape index (κ1) is 11.1. The summed E-state index contributed by atoms with van der Waals surface area (Å²) < 4.78 is 0. The van der Waals surface area contributed by atoms with E-state index in [1.54, 1.807) is 6.20 Å². The Balaban J connectivity index is 1.86. The van der Waals surface area contributed by atoms with Gasteiger partial charge in [-0.2, -0.15) is 0 Å². The van der Waals surface area contributed by atoms with Gasteiger partial charge < -0.3 is 10.2 Å². The van der Waals surface area contributed by atoms with E-state index in [4.69, 9.17) is 0 Å². The fourth-order valence-electron chi connectivity index (χ4n) is 1.87. The molecule has 1 aromatic heterocycles. The number of nitrogens with zero attached hydrogens (tertiary/aromatic N) is 2. The van der Waals surface area contributed by atoms with Crippen molar-refractivity contribution >= 4 is 5.91 Å². The summed E-state index contributed by atoms with van der Waals surface area (Å²) in [6.07, 6.45) is 5.56. The highest BCUT2D eigenvalue weighted by molar-refractivity contribution is 5.78. The van der Waals surface area contributed by atoms with Crippen LogP contribution in [-0.4, -0.2) is 42.0 Å². The van der Waals surface area contributed by atoms with Crippen molar-refractivity contribution < 1.29 is 4.79 Å². The van der Waals surface area contributed by atoms with Crippen LogP contribution in [-0.2, 0) is 11.2 Å². The maximum absolute atomic E-state index is 11.7. The average Bonchev–Trinajstić information content (AvgIpc) is 2.53. The van der Waals surface area contributed by atoms with E-state index in [1.165, 1.54) is 5.56 Å². The van der Waals surface area contributed by atoms with E-state index in [0.29, 0.717) is 6.54 Å². The van der Waals surface area contributed by atoms with E-state index in [2.05, 4.69) is 10.3 Å². The van der Waals surface area contributed by atoms with Gasteiger partial charge in [-0.15, -0.1) is 0 Å². The summed E-state index contributed by atoms with van der Waals surface area (Å²) in [7, 11) is 0. The molecule has 0 unspecified atom stereocenters. The SMILES string of the molecule is O=C1CNCCCN1CCc1cccnc1. The molecule has 1 aliphatic heterocycles. The van der Waals surface area contributed by atoms with Crippen molar-refractivity contribution in [3.63, 3.8) is 0 Å². The molecule has 0 radical (unpaired) electrons. The Morgan fingerprint density at radius 1 is 1.50 bits per heavy atom. The molecule has 16 heavy (non-hydrogen) atoms. The van der Waals surface area contributed by atoms with Crippen LogP contribution in [0.2, 0.25) is 0 Å². The second-order valence-electron chi connectivity index (χ2n) is 4.02. The Labute approximate surface area is 95.7 Å². The standard InChI is InChI=1S/C12H17N3O/c16-12-10-14-6-2-7-15(12)8-4-11-3-1-5-13-9-11/h1,3,5,9,14H,2,4,6-8,10H2. The minimum Gasteiger partial charge on any atom is -0.341 e. The molecule has 2 rings (SSSR count). The van der Waals surface area contributed by atoms with Crippen LogP contribution in [0.3, 0.4) is 0 Å². The normalized spacial score (nSPS) is 17.2. The van der Waals surface area contributed by atoms with Crippen molar-refractivity contribution in [1.82, 2.24) is 15.2 Å². The van der Waals surface area contributed by atoms with Crippen LogP contribution in [0.1, 0.15) is 12.0 Å². The number of hydrogen-bond donors (Lipinski definition) is 1. The number of pyridine rings is 1. The first-order valence-electron chi connectivity index (χ1n) is 5.73. The molecule has 0 aromatic carbocycles. The highest BCUT2D eigenvalue weighted by Gasteiger charge is 2.15. The summed E-state index contributed by atoms with van der Waals surface area (Å²) in [5.74, 6) is 0.210. The third-order valence-electron chi connectivity index (χ3n) is 2.80. The van der Waals surface area contributed by atoms with E-state index >= 15 is 0 Å². The molecule has 1 aliphatic rings. The average molecular weight is 219 g/mol. The number of rotatable bonds is 3. The molecular weight excluding hydrogens is 202 g/mol. The summed E-state index contributed by atoms with van der Waals surface area (Å²) in [6.45, 7) is 3.08. The van der Waals surface area contributed by atoms with Crippen molar-refractivity contribution in [2.75, 3.05) is 26.2 Å². The summed E-state index contributed by atoms with van der Waals surface area (Å²) >= 11 is 0. The lowest BCUT2D eigenvalue weighted by Gasteiger charge is -2.19. The minimum atomic E-state index is 0.210. The van der Waals surface area contributed by atoms with Crippen molar-refractivity contribution in [3.8, 4) is 0 Å². The van der Waals surface area contributed by atoms with Gasteiger partial charge in [-0.05, 0) is 31.0 Å². The third-order valence-corrected chi connectivity index (χ3v) is 2.80. The zero-order valence-corrected chi connectivity index (χ0v) is 9.35. The van der Waals surface area contributed by atoms with Gasteiger partial charge in [0, 0.05) is 25.5 Å². The van der Waals surface area contributed by atoms with Crippen molar-refractivity contribution in [2.24, 2.45) is 0 Å². The van der Waals surface area contributed by atoms with Gasteiger partial charge in [0.05, 0.1) is 6.54 Å². The number of carbonyl (C=O) groups is 1. The van der Waals surface area contributed by atoms with E-state index in [0.717, 1.165) is 32.5 Å². The van der Waals surface area contributed by atoms with Gasteiger partial charge in [0.1, 0.15) is 0 Å². The second kappa shape index (κ2) is 5.61. The third kappa shape index (κ3) is 3.03. The topological polar surface area (TPSA) is 45.2 Å². The van der Waals surface area contributed by atoms with Crippen LogP contribution in [0.25, 0.3) is 0 Å². The maximum atomic E-state index is 11.7. The van der Waals surface area contributed by atoms with E-state index in [1.807, 2.05) is 23.2 Å². The Morgan fingerprint density at radius 2 is 2.44 bits per heavy atom. The van der Waals surface area contributed by atoms with Crippen molar-refractivity contribution in [3.05, 3.63) is 30.1 Å². The van der Waals surface area contributed by atoms with Crippen LogP contribution in [0.15, 0.2) is 24.5 Å². The minimum absolute atomic E-state index is 0.210. The Hall–Kier alpha value is -1.42. The molecule has 86 valence electrons. The van der Waals surface area contributed by atoms with Crippen LogP contribution in [0.5, 0.6) is 0 Å². The molecule has 1 saturated heterocycles. The summed E-state index contributed by atoms with van der Waals surface area (Å²) in [6, 6.07) is 3.98. The fraction of sp³-hybridized carbons (Fsp3) is 0.500. The number of hydrogen-bond acceptors (Lipinski definition) is 3. The molecule has 0 saturated carbocycles. The van der Waals surface area contributed by atoms with Gasteiger partial charge in [0.25, 0.3) is 0 Å². The zero-order valence-electron chi connectivity index (χ0n) is 9.35. The van der Waals surface area contributed by atoms with E-state index in [-0.39, 0.29) is 5.91 Å². The Bertz CT molecular complexity index is 339. The first-order chi connectivity index (χ1) is 7.86. The number of aromatic nitrogens is 1. The molecule has 1 N–H and O–H groups in total. The summed E-state index contributed by atoms with van der Waals surface area (Å²) in [5, 5.41) is 3.12. The largest absolute Gasteiger partial charge is 0.341 e. The van der Waals surface area contributed by atoms with E-state index < -0.39 is 0 Å². The number of carbonyl (C=O) groups excluding carboxylic acids is 1. The van der Waals surface area contributed by atoms with Crippen molar-refractivity contribution in [1.29, 1.82) is 0 Å². The molecule has 2 heterocycles. The predicted octanol–water partition coefficient (Wildman–Crippen LogP) is 0.446. The Kier molecular flexibility index (Phi) is 3.88. The fourth-order valence-corrected chi connectivity index (χ4v) is 1.87. The van der Waals surface area contributed by atoms with Gasteiger partial charge in [0.15, 0.2) is 0 Å². The first-order valence-corrected chi connectivity index (χ1v) is 5.73. The predicted molar refractivity (Wildman–Crippen MR) is 62.0 cm³/mol. The quantitative estimate of drug-likeness (QED) is 0.802. The molecule has 1 aromatic rings. The molecule has 4 nitrogen and oxygen atoms in total. The number of amides is 1. The van der Waals surface area contributed by atoms with E-state index in [9.17, 15) is 4.79 Å². The van der Waals surface area contributed by atoms with Crippen LogP contribution in [0, 0.1) is 0 Å². The molecular formula is C12H17N3O. The molecule has 4 heteroatoms. The zero-order chi connectivity index (χ0) is 11.2. The summed E-state index contributed by atoms with van der Waals surface area (Å²) in [4.78, 5) is 17.7. The molecule has 0 spiro atoms. The molecule has 1 amide bonds. The molecule has 0 aliphatic carbocycles. The van der Waals surface area contributed by atoms with Gasteiger partial charge in [0.2, 0.25) is 5.91 Å². The second-order valence-corrected chi connectivity index (χ2v) is 4.02. The molecule has 0 bridgehead atoms.